The molecular weight excluding hydrogens is 312 g/mol. The third-order valence-corrected chi connectivity index (χ3v) is 4.84. The van der Waals surface area contributed by atoms with Gasteiger partial charge in [-0.2, -0.15) is 0 Å². The molecule has 1 heterocycles. The predicted molar refractivity (Wildman–Crippen MR) is 89.9 cm³/mol. The molecule has 0 aromatic heterocycles. The average Bonchev–Trinajstić information content (AvgIpc) is 2.30. The Morgan fingerprint density at radius 1 is 1.35 bits per heavy atom. The number of hydrogen-bond donors (Lipinski definition) is 1. The molecular formula is C17H27BrN2. The van der Waals surface area contributed by atoms with Crippen LogP contribution in [0, 0.1) is 5.41 Å². The lowest BCUT2D eigenvalue weighted by molar-refractivity contribution is 0.0295. The summed E-state index contributed by atoms with van der Waals surface area (Å²) in [5, 5.41) is 3.73. The molecule has 1 fully saturated rings. The topological polar surface area (TPSA) is 15.3 Å². The summed E-state index contributed by atoms with van der Waals surface area (Å²) in [5.41, 5.74) is 1.87. The van der Waals surface area contributed by atoms with Gasteiger partial charge in [0.25, 0.3) is 0 Å². The van der Waals surface area contributed by atoms with Crippen molar-refractivity contribution in [2.45, 2.75) is 52.7 Å². The summed E-state index contributed by atoms with van der Waals surface area (Å²) in [5.74, 6) is 0. The third kappa shape index (κ3) is 3.84. The Hall–Kier alpha value is -0.380. The minimum atomic E-state index is 0.198. The maximum Gasteiger partial charge on any atom is 0.0281 e. The first-order valence-electron chi connectivity index (χ1n) is 7.41. The number of nitrogens with one attached hydrogen (secondary N) is 1. The summed E-state index contributed by atoms with van der Waals surface area (Å²) in [6.45, 7) is 14.8. The van der Waals surface area contributed by atoms with E-state index in [0.29, 0.717) is 11.5 Å². The summed E-state index contributed by atoms with van der Waals surface area (Å²) in [6, 6.07) is 9.20. The Morgan fingerprint density at radius 2 is 2.05 bits per heavy atom. The van der Waals surface area contributed by atoms with E-state index in [2.05, 4.69) is 85.0 Å². The molecule has 20 heavy (non-hydrogen) atoms. The van der Waals surface area contributed by atoms with Crippen molar-refractivity contribution in [2.75, 3.05) is 13.1 Å². The van der Waals surface area contributed by atoms with E-state index in [1.807, 2.05) is 0 Å². The van der Waals surface area contributed by atoms with Crippen molar-refractivity contribution < 1.29 is 0 Å². The minimum absolute atomic E-state index is 0.198. The maximum atomic E-state index is 3.73. The van der Waals surface area contributed by atoms with Crippen LogP contribution in [0.5, 0.6) is 0 Å². The van der Waals surface area contributed by atoms with Crippen LogP contribution in [-0.2, 0) is 6.54 Å². The van der Waals surface area contributed by atoms with Gasteiger partial charge in [0.1, 0.15) is 0 Å². The molecule has 0 amide bonds. The Balaban J connectivity index is 2.14. The molecule has 0 aliphatic carbocycles. The number of benzene rings is 1. The second kappa shape index (κ2) is 5.78. The van der Waals surface area contributed by atoms with Crippen LogP contribution in [0.3, 0.4) is 0 Å². The first-order chi connectivity index (χ1) is 9.18. The Morgan fingerprint density at radius 3 is 2.65 bits per heavy atom. The highest BCUT2D eigenvalue weighted by Gasteiger charge is 2.38. The largest absolute Gasteiger partial charge is 0.310 e. The molecule has 1 atom stereocenters. The van der Waals surface area contributed by atoms with E-state index >= 15 is 0 Å². The van der Waals surface area contributed by atoms with E-state index in [0.717, 1.165) is 24.1 Å². The average molecular weight is 339 g/mol. The van der Waals surface area contributed by atoms with Gasteiger partial charge in [0.15, 0.2) is 0 Å². The Labute approximate surface area is 132 Å². The van der Waals surface area contributed by atoms with Crippen molar-refractivity contribution in [3.05, 3.63) is 34.3 Å². The number of halogens is 1. The quantitative estimate of drug-likeness (QED) is 0.875. The molecule has 2 nitrogen and oxygen atoms in total. The second-order valence-electron chi connectivity index (χ2n) is 7.62. The molecule has 1 aliphatic rings. The van der Waals surface area contributed by atoms with Crippen LogP contribution in [0.15, 0.2) is 28.7 Å². The first kappa shape index (κ1) is 16.0. The number of nitrogens with zero attached hydrogens (tertiary/aromatic N) is 1. The molecule has 1 N–H and O–H groups in total. The van der Waals surface area contributed by atoms with Gasteiger partial charge in [-0.3, -0.25) is 4.90 Å². The molecule has 0 bridgehead atoms. The summed E-state index contributed by atoms with van der Waals surface area (Å²) < 4.78 is 1.16. The molecule has 1 aliphatic heterocycles. The van der Waals surface area contributed by atoms with Gasteiger partial charge in [0.2, 0.25) is 0 Å². The van der Waals surface area contributed by atoms with E-state index in [9.17, 15) is 0 Å². The van der Waals surface area contributed by atoms with Gasteiger partial charge < -0.3 is 5.32 Å². The zero-order chi connectivity index (χ0) is 15.0. The van der Waals surface area contributed by atoms with Crippen LogP contribution in [0.4, 0.5) is 0 Å². The molecule has 1 aromatic carbocycles. The van der Waals surface area contributed by atoms with E-state index in [1.54, 1.807) is 0 Å². The minimum Gasteiger partial charge on any atom is -0.310 e. The van der Waals surface area contributed by atoms with Crippen LogP contribution in [0.2, 0.25) is 0 Å². The zero-order valence-corrected chi connectivity index (χ0v) is 14.9. The first-order valence-corrected chi connectivity index (χ1v) is 8.21. The van der Waals surface area contributed by atoms with Crippen molar-refractivity contribution in [3.8, 4) is 0 Å². The van der Waals surface area contributed by atoms with Crippen LogP contribution < -0.4 is 5.32 Å². The van der Waals surface area contributed by atoms with Crippen LogP contribution >= 0.6 is 15.9 Å². The standard InChI is InChI=1S/C17H27BrN2/c1-16(2,3)15-11-20(17(4,5)12-19-15)10-13-7-6-8-14(18)9-13/h6-9,15,19H,10-12H2,1-5H3. The highest BCUT2D eigenvalue weighted by molar-refractivity contribution is 9.10. The number of hydrogen-bond acceptors (Lipinski definition) is 2. The fourth-order valence-corrected chi connectivity index (χ4v) is 3.18. The molecule has 112 valence electrons. The van der Waals surface area contributed by atoms with Crippen molar-refractivity contribution >= 4 is 15.9 Å². The third-order valence-electron chi connectivity index (χ3n) is 4.35. The fraction of sp³-hybridized carbons (Fsp3) is 0.647. The number of piperazine rings is 1. The lowest BCUT2D eigenvalue weighted by Gasteiger charge is -2.49. The van der Waals surface area contributed by atoms with Crippen molar-refractivity contribution in [2.24, 2.45) is 5.41 Å². The van der Waals surface area contributed by atoms with Crippen LogP contribution in [-0.4, -0.2) is 29.6 Å². The molecule has 0 spiro atoms. The van der Waals surface area contributed by atoms with Gasteiger partial charge in [-0.15, -0.1) is 0 Å². The molecule has 3 heteroatoms. The zero-order valence-electron chi connectivity index (χ0n) is 13.3. The summed E-state index contributed by atoms with van der Waals surface area (Å²) in [4.78, 5) is 2.61. The smallest absolute Gasteiger partial charge is 0.0281 e. The van der Waals surface area contributed by atoms with Gasteiger partial charge in [0.05, 0.1) is 0 Å². The summed E-state index contributed by atoms with van der Waals surface area (Å²) >= 11 is 3.57. The van der Waals surface area contributed by atoms with Crippen LogP contribution in [0.25, 0.3) is 0 Å². The Kier molecular flexibility index (Phi) is 4.63. The normalized spacial score (nSPS) is 23.8. The van der Waals surface area contributed by atoms with Crippen molar-refractivity contribution in [1.82, 2.24) is 10.2 Å². The lowest BCUT2D eigenvalue weighted by Crippen LogP contribution is -2.64. The molecule has 0 saturated carbocycles. The van der Waals surface area contributed by atoms with Crippen molar-refractivity contribution in [3.63, 3.8) is 0 Å². The van der Waals surface area contributed by atoms with Gasteiger partial charge in [-0.1, -0.05) is 48.8 Å². The van der Waals surface area contributed by atoms with E-state index in [1.165, 1.54) is 5.56 Å². The monoisotopic (exact) mass is 338 g/mol. The number of rotatable bonds is 2. The van der Waals surface area contributed by atoms with Gasteiger partial charge in [0, 0.05) is 35.7 Å². The molecule has 1 aromatic rings. The summed E-state index contributed by atoms with van der Waals surface area (Å²) in [7, 11) is 0. The molecule has 0 radical (unpaired) electrons. The second-order valence-corrected chi connectivity index (χ2v) is 8.54. The van der Waals surface area contributed by atoms with Crippen molar-refractivity contribution in [1.29, 1.82) is 0 Å². The Bertz CT molecular complexity index is 462. The highest BCUT2D eigenvalue weighted by Crippen LogP contribution is 2.29. The van der Waals surface area contributed by atoms with Gasteiger partial charge >= 0.3 is 0 Å². The van der Waals surface area contributed by atoms with Crippen LogP contribution in [0.1, 0.15) is 40.2 Å². The molecule has 1 saturated heterocycles. The maximum absolute atomic E-state index is 3.73. The SMILES string of the molecule is CC(C)(C)C1CN(Cc2cccc(Br)c2)C(C)(C)CN1. The van der Waals surface area contributed by atoms with E-state index in [-0.39, 0.29) is 5.54 Å². The van der Waals surface area contributed by atoms with Gasteiger partial charge in [-0.05, 0) is 37.0 Å². The summed E-state index contributed by atoms with van der Waals surface area (Å²) in [6.07, 6.45) is 0. The predicted octanol–water partition coefficient (Wildman–Crippen LogP) is 4.05. The fourth-order valence-electron chi connectivity index (χ4n) is 2.73. The molecule has 2 rings (SSSR count). The van der Waals surface area contributed by atoms with E-state index < -0.39 is 0 Å². The molecule has 1 unspecified atom stereocenters. The lowest BCUT2D eigenvalue weighted by atomic mass is 9.82. The van der Waals surface area contributed by atoms with E-state index in [4.69, 9.17) is 0 Å². The van der Waals surface area contributed by atoms with Gasteiger partial charge in [-0.25, -0.2) is 0 Å². The highest BCUT2D eigenvalue weighted by atomic mass is 79.9.